The molecule has 0 spiro atoms. The van der Waals surface area contributed by atoms with Gasteiger partial charge in [0.05, 0.1) is 11.0 Å². The molecule has 0 fully saturated rings. The number of fused-ring (bicyclic) bond motifs is 1. The van der Waals surface area contributed by atoms with Gasteiger partial charge >= 0.3 is 5.16 Å². The molecular formula is C17H19N3OS. The molecule has 0 bridgehead atoms. The van der Waals surface area contributed by atoms with E-state index in [0.717, 1.165) is 27.8 Å². The van der Waals surface area contributed by atoms with Gasteiger partial charge in [0.25, 0.3) is 0 Å². The number of H-pyrrole nitrogens is 1. The van der Waals surface area contributed by atoms with E-state index in [1.807, 2.05) is 68.4 Å². The lowest BCUT2D eigenvalue weighted by molar-refractivity contribution is 0.587. The summed E-state index contributed by atoms with van der Waals surface area (Å²) in [6.45, 7) is 2.01. The molecule has 114 valence electrons. The van der Waals surface area contributed by atoms with Crippen LogP contribution in [-0.2, 0) is 16.9 Å². The minimum Gasteiger partial charge on any atom is -0.609 e. The number of aromatic nitrogens is 2. The van der Waals surface area contributed by atoms with Crippen molar-refractivity contribution in [1.29, 1.82) is 0 Å². The van der Waals surface area contributed by atoms with Gasteiger partial charge < -0.3 is 9.45 Å². The Bertz CT molecular complexity index is 797. The van der Waals surface area contributed by atoms with E-state index in [0.29, 0.717) is 10.9 Å². The SMILES string of the molecule is Cc1cccc2[nH]c([S+]([O-])Cc3ccccc3N(C)C)nc12. The van der Waals surface area contributed by atoms with Crippen LogP contribution in [0, 0.1) is 6.92 Å². The van der Waals surface area contributed by atoms with Gasteiger partial charge in [-0.1, -0.05) is 30.3 Å². The Morgan fingerprint density at radius 2 is 1.91 bits per heavy atom. The smallest absolute Gasteiger partial charge is 0.321 e. The first kappa shape index (κ1) is 14.9. The summed E-state index contributed by atoms with van der Waals surface area (Å²) in [6, 6.07) is 14.0. The molecule has 0 aliphatic heterocycles. The molecule has 1 aromatic heterocycles. The molecule has 0 aliphatic rings. The molecule has 0 aliphatic carbocycles. The summed E-state index contributed by atoms with van der Waals surface area (Å²) in [5, 5.41) is 0.540. The minimum atomic E-state index is -1.20. The molecule has 0 radical (unpaired) electrons. The standard InChI is InChI=1S/C17H19N3OS/c1-12-7-6-9-14-16(12)19-17(18-14)22(21)11-13-8-4-5-10-15(13)20(2)3/h4-10H,11H2,1-3H3,(H,18,19). The number of nitrogens with zero attached hydrogens (tertiary/aromatic N) is 2. The fourth-order valence-electron chi connectivity index (χ4n) is 2.54. The lowest BCUT2D eigenvalue weighted by Gasteiger charge is -2.17. The maximum atomic E-state index is 12.7. The van der Waals surface area contributed by atoms with E-state index in [9.17, 15) is 4.55 Å². The maximum Gasteiger partial charge on any atom is 0.321 e. The predicted molar refractivity (Wildman–Crippen MR) is 91.7 cm³/mol. The first-order valence-corrected chi connectivity index (χ1v) is 8.47. The highest BCUT2D eigenvalue weighted by atomic mass is 32.2. The van der Waals surface area contributed by atoms with Crippen LogP contribution in [-0.4, -0.2) is 28.6 Å². The number of aromatic amines is 1. The number of hydrogen-bond donors (Lipinski definition) is 1. The van der Waals surface area contributed by atoms with Gasteiger partial charge in [0.15, 0.2) is 0 Å². The van der Waals surface area contributed by atoms with Gasteiger partial charge in [-0.3, -0.25) is 4.98 Å². The van der Waals surface area contributed by atoms with Crippen molar-refractivity contribution in [3.8, 4) is 0 Å². The summed E-state index contributed by atoms with van der Waals surface area (Å²) in [5.41, 5.74) is 5.06. The van der Waals surface area contributed by atoms with E-state index < -0.39 is 11.2 Å². The lowest BCUT2D eigenvalue weighted by Crippen LogP contribution is -2.14. The molecule has 1 N–H and O–H groups in total. The highest BCUT2D eigenvalue weighted by Crippen LogP contribution is 2.24. The quantitative estimate of drug-likeness (QED) is 0.752. The highest BCUT2D eigenvalue weighted by Gasteiger charge is 2.19. The molecule has 5 heteroatoms. The number of rotatable bonds is 4. The molecule has 2 aromatic carbocycles. The summed E-state index contributed by atoms with van der Waals surface area (Å²) in [5.74, 6) is 0.452. The van der Waals surface area contributed by atoms with Crippen LogP contribution in [0.25, 0.3) is 11.0 Å². The van der Waals surface area contributed by atoms with E-state index in [-0.39, 0.29) is 0 Å². The summed E-state index contributed by atoms with van der Waals surface area (Å²) >= 11 is -1.20. The number of imidazole rings is 1. The van der Waals surface area contributed by atoms with Gasteiger partial charge in [0, 0.05) is 36.5 Å². The third-order valence-corrected chi connectivity index (χ3v) is 4.87. The van der Waals surface area contributed by atoms with Crippen molar-refractivity contribution in [2.24, 2.45) is 0 Å². The number of para-hydroxylation sites is 2. The highest BCUT2D eigenvalue weighted by molar-refractivity contribution is 7.90. The van der Waals surface area contributed by atoms with Crippen molar-refractivity contribution in [3.05, 3.63) is 53.6 Å². The van der Waals surface area contributed by atoms with Gasteiger partial charge in [-0.25, -0.2) is 0 Å². The lowest BCUT2D eigenvalue weighted by atomic mass is 10.2. The number of aryl methyl sites for hydroxylation is 1. The molecule has 3 aromatic rings. The zero-order chi connectivity index (χ0) is 15.7. The van der Waals surface area contributed by atoms with Crippen LogP contribution in [0.4, 0.5) is 5.69 Å². The fraction of sp³-hybridized carbons (Fsp3) is 0.235. The summed E-state index contributed by atoms with van der Waals surface area (Å²) in [7, 11) is 3.98. The van der Waals surface area contributed by atoms with Crippen molar-refractivity contribution in [2.45, 2.75) is 17.8 Å². The number of anilines is 1. The molecule has 4 nitrogen and oxygen atoms in total. The Hall–Kier alpha value is -1.98. The third-order valence-electron chi connectivity index (χ3n) is 3.67. The minimum absolute atomic E-state index is 0.452. The molecule has 22 heavy (non-hydrogen) atoms. The van der Waals surface area contributed by atoms with Crippen molar-refractivity contribution in [2.75, 3.05) is 19.0 Å². The normalized spacial score (nSPS) is 12.5. The molecule has 0 saturated carbocycles. The Morgan fingerprint density at radius 3 is 2.64 bits per heavy atom. The topological polar surface area (TPSA) is 55.0 Å². The van der Waals surface area contributed by atoms with Crippen LogP contribution in [0.3, 0.4) is 0 Å². The van der Waals surface area contributed by atoms with Gasteiger partial charge in [-0.15, -0.1) is 0 Å². The number of nitrogens with one attached hydrogen (secondary N) is 1. The molecule has 0 saturated heterocycles. The third kappa shape index (κ3) is 2.82. The first-order chi connectivity index (χ1) is 10.6. The second-order valence-corrected chi connectivity index (χ2v) is 6.89. The Kier molecular flexibility index (Phi) is 4.09. The van der Waals surface area contributed by atoms with Crippen molar-refractivity contribution < 1.29 is 4.55 Å². The van der Waals surface area contributed by atoms with Gasteiger partial charge in [0.2, 0.25) is 0 Å². The molecule has 1 heterocycles. The summed E-state index contributed by atoms with van der Waals surface area (Å²) in [4.78, 5) is 9.73. The van der Waals surface area contributed by atoms with Crippen molar-refractivity contribution >= 4 is 27.9 Å². The average molecular weight is 313 g/mol. The fourth-order valence-corrected chi connectivity index (χ4v) is 3.62. The summed E-state index contributed by atoms with van der Waals surface area (Å²) < 4.78 is 12.7. The van der Waals surface area contributed by atoms with E-state index in [1.54, 1.807) is 0 Å². The van der Waals surface area contributed by atoms with E-state index >= 15 is 0 Å². The Morgan fingerprint density at radius 1 is 1.14 bits per heavy atom. The monoisotopic (exact) mass is 313 g/mol. The van der Waals surface area contributed by atoms with E-state index in [4.69, 9.17) is 0 Å². The van der Waals surface area contributed by atoms with Crippen LogP contribution in [0.2, 0.25) is 0 Å². The molecular weight excluding hydrogens is 294 g/mol. The van der Waals surface area contributed by atoms with Gasteiger partial charge in [-0.2, -0.15) is 4.98 Å². The average Bonchev–Trinajstić information content (AvgIpc) is 2.93. The second-order valence-electron chi connectivity index (χ2n) is 5.53. The van der Waals surface area contributed by atoms with E-state index in [1.165, 1.54) is 0 Å². The zero-order valence-electron chi connectivity index (χ0n) is 13.0. The summed E-state index contributed by atoms with van der Waals surface area (Å²) in [6.07, 6.45) is 0. The second kappa shape index (κ2) is 6.02. The van der Waals surface area contributed by atoms with Gasteiger partial charge in [0.1, 0.15) is 5.75 Å². The number of benzene rings is 2. The molecule has 1 atom stereocenters. The van der Waals surface area contributed by atoms with E-state index in [2.05, 4.69) is 9.97 Å². The van der Waals surface area contributed by atoms with Crippen molar-refractivity contribution in [3.63, 3.8) is 0 Å². The van der Waals surface area contributed by atoms with Crippen LogP contribution >= 0.6 is 0 Å². The number of hydrogen-bond acceptors (Lipinski definition) is 3. The van der Waals surface area contributed by atoms with Crippen LogP contribution < -0.4 is 4.90 Å². The molecule has 0 amide bonds. The largest absolute Gasteiger partial charge is 0.609 e. The van der Waals surface area contributed by atoms with Crippen LogP contribution in [0.15, 0.2) is 47.6 Å². The maximum absolute atomic E-state index is 12.7. The van der Waals surface area contributed by atoms with Crippen LogP contribution in [0.5, 0.6) is 0 Å². The molecule has 3 rings (SSSR count). The first-order valence-electron chi connectivity index (χ1n) is 7.15. The van der Waals surface area contributed by atoms with Gasteiger partial charge in [-0.05, 0) is 24.6 Å². The Labute approximate surface area is 133 Å². The van der Waals surface area contributed by atoms with Crippen LogP contribution in [0.1, 0.15) is 11.1 Å². The van der Waals surface area contributed by atoms with Crippen molar-refractivity contribution in [1.82, 2.24) is 9.97 Å². The predicted octanol–water partition coefficient (Wildman–Crippen LogP) is 3.25. The Balaban J connectivity index is 1.90. The zero-order valence-corrected chi connectivity index (χ0v) is 13.8. The molecule has 1 unspecified atom stereocenters.